The first-order valence-electron chi connectivity index (χ1n) is 8.23. The topological polar surface area (TPSA) is 60.5 Å². The molecule has 1 amide bonds. The summed E-state index contributed by atoms with van der Waals surface area (Å²) in [5.74, 6) is 0.470. The minimum absolute atomic E-state index is 0.225. The molecule has 1 heterocycles. The Morgan fingerprint density at radius 3 is 2.70 bits per heavy atom. The largest absolute Gasteiger partial charge is 0.497 e. The normalized spacial score (nSPS) is 10.5. The number of halogens is 1. The Morgan fingerprint density at radius 2 is 2.00 bits per heavy atom. The summed E-state index contributed by atoms with van der Waals surface area (Å²) in [6.45, 7) is 1.73. The number of thiazole rings is 1. The zero-order valence-electron chi connectivity index (χ0n) is 15.2. The van der Waals surface area contributed by atoms with Gasteiger partial charge in [-0.15, -0.1) is 11.3 Å². The van der Waals surface area contributed by atoms with Crippen molar-refractivity contribution in [3.8, 4) is 11.5 Å². The first kappa shape index (κ1) is 18.8. The highest BCUT2D eigenvalue weighted by Crippen LogP contribution is 2.27. The van der Waals surface area contributed by atoms with Crippen LogP contribution in [-0.4, -0.2) is 25.1 Å². The van der Waals surface area contributed by atoms with Crippen molar-refractivity contribution < 1.29 is 18.7 Å². The van der Waals surface area contributed by atoms with E-state index >= 15 is 0 Å². The smallest absolute Gasteiger partial charge is 0.261 e. The molecule has 7 heteroatoms. The Labute approximate surface area is 160 Å². The molecule has 27 heavy (non-hydrogen) atoms. The van der Waals surface area contributed by atoms with Crippen molar-refractivity contribution in [1.82, 2.24) is 4.98 Å². The zero-order chi connectivity index (χ0) is 19.4. The number of amides is 1. The minimum atomic E-state index is -0.322. The van der Waals surface area contributed by atoms with Crippen LogP contribution in [0.4, 0.5) is 9.52 Å². The van der Waals surface area contributed by atoms with E-state index in [9.17, 15) is 9.18 Å². The van der Waals surface area contributed by atoms with Crippen molar-refractivity contribution in [2.45, 2.75) is 13.3 Å². The molecule has 0 saturated carbocycles. The maximum Gasteiger partial charge on any atom is 0.261 e. The summed E-state index contributed by atoms with van der Waals surface area (Å²) in [4.78, 5) is 17.7. The number of aromatic nitrogens is 1. The highest BCUT2D eigenvalue weighted by Gasteiger charge is 2.15. The third kappa shape index (κ3) is 4.43. The van der Waals surface area contributed by atoms with Crippen LogP contribution in [0.15, 0.2) is 42.6 Å². The summed E-state index contributed by atoms with van der Waals surface area (Å²) in [6.07, 6.45) is 2.24. The third-order valence-corrected chi connectivity index (χ3v) is 4.95. The molecule has 0 radical (unpaired) electrons. The van der Waals surface area contributed by atoms with E-state index in [0.717, 1.165) is 10.4 Å². The van der Waals surface area contributed by atoms with E-state index in [4.69, 9.17) is 9.47 Å². The van der Waals surface area contributed by atoms with Gasteiger partial charge in [0.05, 0.1) is 19.8 Å². The van der Waals surface area contributed by atoms with E-state index in [-0.39, 0.29) is 11.7 Å². The lowest BCUT2D eigenvalue weighted by atomic mass is 10.1. The molecule has 0 unspecified atom stereocenters. The summed E-state index contributed by atoms with van der Waals surface area (Å²) in [6, 6.07) is 10.1. The summed E-state index contributed by atoms with van der Waals surface area (Å²) in [5, 5.41) is 3.24. The standard InChI is InChI=1S/C20H19FN2O3S/c1-12-4-5-13(9-17(12)21)8-15-11-22-20(27-15)23-19(24)16-7-6-14(25-2)10-18(16)26-3/h4-7,9-11H,8H2,1-3H3,(H,22,23,24). The number of benzene rings is 2. The number of aryl methyl sites for hydroxylation is 1. The van der Waals surface area contributed by atoms with E-state index in [1.54, 1.807) is 44.5 Å². The van der Waals surface area contributed by atoms with Gasteiger partial charge in [0.1, 0.15) is 17.3 Å². The molecule has 0 aliphatic carbocycles. The summed E-state index contributed by atoms with van der Waals surface area (Å²) < 4.78 is 24.1. The van der Waals surface area contributed by atoms with Crippen LogP contribution in [0.2, 0.25) is 0 Å². The molecule has 0 fully saturated rings. The van der Waals surface area contributed by atoms with Gasteiger partial charge in [-0.1, -0.05) is 12.1 Å². The summed E-state index contributed by atoms with van der Waals surface area (Å²) in [5.41, 5.74) is 1.86. The summed E-state index contributed by atoms with van der Waals surface area (Å²) >= 11 is 1.35. The highest BCUT2D eigenvalue weighted by atomic mass is 32.1. The number of rotatable bonds is 6. The van der Waals surface area contributed by atoms with Crippen molar-refractivity contribution in [1.29, 1.82) is 0 Å². The summed E-state index contributed by atoms with van der Waals surface area (Å²) in [7, 11) is 3.04. The second kappa shape index (κ2) is 8.18. The molecular formula is C20H19FN2O3S. The van der Waals surface area contributed by atoms with Crippen LogP contribution in [0.1, 0.15) is 26.4 Å². The van der Waals surface area contributed by atoms with Gasteiger partial charge in [0.15, 0.2) is 5.13 Å². The van der Waals surface area contributed by atoms with Gasteiger partial charge in [-0.25, -0.2) is 9.37 Å². The quantitative estimate of drug-likeness (QED) is 0.680. The van der Waals surface area contributed by atoms with Gasteiger partial charge >= 0.3 is 0 Å². The minimum Gasteiger partial charge on any atom is -0.497 e. The maximum absolute atomic E-state index is 13.7. The molecule has 0 bridgehead atoms. The second-order valence-corrected chi connectivity index (χ2v) is 7.03. The lowest BCUT2D eigenvalue weighted by Gasteiger charge is -2.09. The number of methoxy groups -OCH3 is 2. The molecule has 0 aliphatic heterocycles. The lowest BCUT2D eigenvalue weighted by Crippen LogP contribution is -2.13. The molecule has 0 atom stereocenters. The van der Waals surface area contributed by atoms with Gasteiger partial charge in [0.25, 0.3) is 5.91 Å². The Hall–Kier alpha value is -2.93. The van der Waals surface area contributed by atoms with Crippen LogP contribution >= 0.6 is 11.3 Å². The van der Waals surface area contributed by atoms with E-state index in [1.165, 1.54) is 24.5 Å². The van der Waals surface area contributed by atoms with Gasteiger partial charge < -0.3 is 9.47 Å². The van der Waals surface area contributed by atoms with E-state index in [1.807, 2.05) is 6.07 Å². The van der Waals surface area contributed by atoms with Crippen molar-refractivity contribution in [3.63, 3.8) is 0 Å². The average molecular weight is 386 g/mol. The number of carbonyl (C=O) groups excluding carboxylic acids is 1. The van der Waals surface area contributed by atoms with Gasteiger partial charge in [0.2, 0.25) is 0 Å². The van der Waals surface area contributed by atoms with Crippen molar-refractivity contribution in [3.05, 3.63) is 70.0 Å². The van der Waals surface area contributed by atoms with E-state index in [0.29, 0.717) is 34.2 Å². The maximum atomic E-state index is 13.7. The molecule has 0 spiro atoms. The number of ether oxygens (including phenoxy) is 2. The van der Waals surface area contributed by atoms with Gasteiger partial charge in [-0.05, 0) is 36.2 Å². The Kier molecular flexibility index (Phi) is 5.71. The van der Waals surface area contributed by atoms with Crippen molar-refractivity contribution in [2.24, 2.45) is 0 Å². The van der Waals surface area contributed by atoms with E-state index < -0.39 is 0 Å². The van der Waals surface area contributed by atoms with E-state index in [2.05, 4.69) is 10.3 Å². The molecule has 0 saturated heterocycles. The fourth-order valence-electron chi connectivity index (χ4n) is 2.55. The van der Waals surface area contributed by atoms with Crippen LogP contribution in [0, 0.1) is 12.7 Å². The molecule has 2 aromatic carbocycles. The van der Waals surface area contributed by atoms with Gasteiger partial charge in [-0.2, -0.15) is 0 Å². The Bertz CT molecular complexity index is 972. The van der Waals surface area contributed by atoms with Crippen molar-refractivity contribution in [2.75, 3.05) is 19.5 Å². The molecule has 3 aromatic rings. The zero-order valence-corrected chi connectivity index (χ0v) is 16.0. The second-order valence-electron chi connectivity index (χ2n) is 5.91. The first-order valence-corrected chi connectivity index (χ1v) is 9.05. The number of nitrogens with zero attached hydrogens (tertiary/aromatic N) is 1. The van der Waals surface area contributed by atoms with Crippen LogP contribution in [0.25, 0.3) is 0 Å². The fourth-order valence-corrected chi connectivity index (χ4v) is 3.39. The fraction of sp³-hybridized carbons (Fsp3) is 0.200. The Balaban J connectivity index is 1.72. The molecule has 1 aromatic heterocycles. The number of nitrogens with one attached hydrogen (secondary N) is 1. The molecule has 3 rings (SSSR count). The van der Waals surface area contributed by atoms with Crippen LogP contribution in [-0.2, 0) is 6.42 Å². The predicted molar refractivity (Wildman–Crippen MR) is 104 cm³/mol. The Morgan fingerprint density at radius 1 is 1.19 bits per heavy atom. The predicted octanol–water partition coefficient (Wildman–Crippen LogP) is 4.45. The van der Waals surface area contributed by atoms with Crippen LogP contribution in [0.3, 0.4) is 0 Å². The highest BCUT2D eigenvalue weighted by molar-refractivity contribution is 7.15. The number of hydrogen-bond acceptors (Lipinski definition) is 5. The number of anilines is 1. The first-order chi connectivity index (χ1) is 13.0. The number of carbonyl (C=O) groups is 1. The van der Waals surface area contributed by atoms with Gasteiger partial charge in [0, 0.05) is 23.6 Å². The molecule has 0 aliphatic rings. The monoisotopic (exact) mass is 386 g/mol. The average Bonchev–Trinajstić information content (AvgIpc) is 3.10. The third-order valence-electron chi connectivity index (χ3n) is 4.04. The molecule has 140 valence electrons. The molecule has 1 N–H and O–H groups in total. The van der Waals surface area contributed by atoms with Crippen molar-refractivity contribution >= 4 is 22.4 Å². The van der Waals surface area contributed by atoms with Gasteiger partial charge in [-0.3, -0.25) is 10.1 Å². The van der Waals surface area contributed by atoms with Crippen LogP contribution in [0.5, 0.6) is 11.5 Å². The van der Waals surface area contributed by atoms with Crippen LogP contribution < -0.4 is 14.8 Å². The molecular weight excluding hydrogens is 367 g/mol. The SMILES string of the molecule is COc1ccc(C(=O)Nc2ncc(Cc3ccc(C)c(F)c3)s2)c(OC)c1. The lowest BCUT2D eigenvalue weighted by molar-refractivity contribution is 0.102. The molecule has 5 nitrogen and oxygen atoms in total. The number of hydrogen-bond donors (Lipinski definition) is 1.